The fourth-order valence-corrected chi connectivity index (χ4v) is 9.33. The van der Waals surface area contributed by atoms with Gasteiger partial charge in [-0.1, -0.05) is 254 Å². The van der Waals surface area contributed by atoms with Gasteiger partial charge in [0.2, 0.25) is 5.91 Å². The number of likely N-dealkylation sites (N-methyl/N-ethyl adjacent to an activating group) is 1. The van der Waals surface area contributed by atoms with E-state index in [1.54, 1.807) is 0 Å². The molecule has 0 aromatic rings. The predicted molar refractivity (Wildman–Crippen MR) is 323 cm³/mol. The molecule has 0 aliphatic heterocycles. The summed E-state index contributed by atoms with van der Waals surface area (Å²) in [6.45, 7) is 6.88. The van der Waals surface area contributed by atoms with Crippen molar-refractivity contribution in [3.63, 3.8) is 0 Å². The number of allylic oxidation sites excluding steroid dienone is 13. The molecule has 75 heavy (non-hydrogen) atoms. The Labute approximate surface area is 463 Å². The normalized spacial score (nSPS) is 14.3. The van der Waals surface area contributed by atoms with E-state index in [0.717, 1.165) is 122 Å². The van der Waals surface area contributed by atoms with Gasteiger partial charge in [0.25, 0.3) is 0 Å². The van der Waals surface area contributed by atoms with E-state index in [1.165, 1.54) is 109 Å². The van der Waals surface area contributed by atoms with E-state index in [2.05, 4.69) is 99.0 Å². The summed E-state index contributed by atoms with van der Waals surface area (Å²) in [4.78, 5) is 37.6. The lowest BCUT2D eigenvalue weighted by Crippen LogP contribution is -2.47. The number of carbonyl (C=O) groups is 2. The number of hydrogen-bond acceptors (Lipinski definition) is 6. The number of ether oxygens (including phenoxy) is 1. The maximum absolute atomic E-state index is 13.5. The van der Waals surface area contributed by atoms with Crippen LogP contribution in [0.15, 0.2) is 85.1 Å². The van der Waals surface area contributed by atoms with Gasteiger partial charge in [0.15, 0.2) is 0 Å². The number of rotatable bonds is 55. The summed E-state index contributed by atoms with van der Waals surface area (Å²) in [5.74, 6) is -0.521. The van der Waals surface area contributed by atoms with Crippen LogP contribution in [0.1, 0.15) is 265 Å². The second-order valence-corrected chi connectivity index (χ2v) is 23.3. The molecule has 0 aromatic carbocycles. The van der Waals surface area contributed by atoms with E-state index in [0.29, 0.717) is 17.4 Å². The van der Waals surface area contributed by atoms with Gasteiger partial charge in [-0.2, -0.15) is 0 Å². The highest BCUT2D eigenvalue weighted by Crippen LogP contribution is 2.43. The molecular weight excluding hydrogens is 952 g/mol. The van der Waals surface area contributed by atoms with Crippen molar-refractivity contribution < 1.29 is 37.3 Å². The van der Waals surface area contributed by atoms with Crippen LogP contribution in [-0.2, 0) is 27.9 Å². The Morgan fingerprint density at radius 1 is 0.480 bits per heavy atom. The highest BCUT2D eigenvalue weighted by molar-refractivity contribution is 7.47. The van der Waals surface area contributed by atoms with Gasteiger partial charge in [-0.25, -0.2) is 4.57 Å². The molecule has 0 saturated heterocycles. The maximum Gasteiger partial charge on any atom is 0.472 e. The highest BCUT2D eigenvalue weighted by Gasteiger charge is 2.30. The van der Waals surface area contributed by atoms with Crippen LogP contribution in [0.3, 0.4) is 0 Å². The molecular formula is C65H118N2O7P+. The second kappa shape index (κ2) is 54.5. The summed E-state index contributed by atoms with van der Waals surface area (Å²) in [5.41, 5.74) is 0. The zero-order valence-electron chi connectivity index (χ0n) is 49.5. The molecule has 3 unspecified atom stereocenters. The number of nitrogens with one attached hydrogen (secondary N) is 1. The molecule has 0 radical (unpaired) electrons. The minimum absolute atomic E-state index is 0.0347. The minimum Gasteiger partial charge on any atom is -0.456 e. The third-order valence-electron chi connectivity index (χ3n) is 13.3. The van der Waals surface area contributed by atoms with Crippen LogP contribution in [0, 0.1) is 0 Å². The van der Waals surface area contributed by atoms with Gasteiger partial charge in [-0.3, -0.25) is 18.6 Å². The summed E-state index contributed by atoms with van der Waals surface area (Å²) < 4.78 is 30.6. The highest BCUT2D eigenvalue weighted by atomic mass is 31.2. The first-order chi connectivity index (χ1) is 36.4. The summed E-state index contributed by atoms with van der Waals surface area (Å²) in [7, 11) is 1.48. The minimum atomic E-state index is -4.45. The Bertz CT molecular complexity index is 1560. The lowest BCUT2D eigenvalue weighted by Gasteiger charge is -2.27. The number of amides is 1. The standard InChI is InChI=1S/C65H117N2O7P/c1-7-10-13-16-19-22-25-27-28-29-30-31-32-33-34-35-36-37-38-40-42-45-48-51-54-57-64(68)66-62(61-73-75(70,71)72-60-59-67(4,5)6)63(56-53-50-47-44-41-24-21-18-15-12-9-3)74-65(69)58-55-52-49-46-43-39-26-23-20-17-14-11-8-2/h10,13,19,22,27-28,30-31,33-34,36-37,53,56,62-63H,7-9,11-12,14-18,20-21,23-26,29,32,35,38-52,54-55,57-61H2,1-6H3,(H-,66,68,70,71)/p+1/b13-10-,22-19-,28-27-,31-30-,34-33-,37-36-,56-53-. The zero-order chi connectivity index (χ0) is 55.0. The van der Waals surface area contributed by atoms with Crippen molar-refractivity contribution in [1.82, 2.24) is 5.32 Å². The van der Waals surface area contributed by atoms with Crippen LogP contribution >= 0.6 is 7.82 Å². The number of carbonyl (C=O) groups excluding carboxylic acids is 2. The molecule has 10 heteroatoms. The van der Waals surface area contributed by atoms with E-state index < -0.39 is 20.0 Å². The first-order valence-electron chi connectivity index (χ1n) is 30.9. The number of phosphoric acid groups is 1. The monoisotopic (exact) mass is 1070 g/mol. The number of phosphoric ester groups is 1. The molecule has 0 aromatic heterocycles. The molecule has 1 amide bonds. The molecule has 0 spiro atoms. The Balaban J connectivity index is 5.17. The SMILES string of the molecule is CC/C=C\C/C=C\C/C=C\C/C=C\C/C=C\C/C=C\CCCCCCCCC(=O)NC(COP(=O)(O)OCC[N+](C)(C)C)C(/C=C\CCCCCCCCCCC)OC(=O)CCCCCCCCCCCCCCC. The molecule has 0 bridgehead atoms. The number of quaternary nitrogens is 1. The molecule has 0 saturated carbocycles. The number of unbranched alkanes of at least 4 members (excludes halogenated alkanes) is 27. The molecule has 0 aliphatic rings. The van der Waals surface area contributed by atoms with Crippen LogP contribution in [0.5, 0.6) is 0 Å². The molecule has 2 N–H and O–H groups in total. The Kier molecular flexibility index (Phi) is 52.5. The Hall–Kier alpha value is -2.81. The van der Waals surface area contributed by atoms with E-state index in [4.69, 9.17) is 13.8 Å². The smallest absolute Gasteiger partial charge is 0.456 e. The van der Waals surface area contributed by atoms with Gasteiger partial charge in [0.1, 0.15) is 19.3 Å². The van der Waals surface area contributed by atoms with Crippen molar-refractivity contribution in [2.24, 2.45) is 0 Å². The van der Waals surface area contributed by atoms with Crippen LogP contribution < -0.4 is 5.32 Å². The van der Waals surface area contributed by atoms with Crippen molar-refractivity contribution in [3.8, 4) is 0 Å². The molecule has 9 nitrogen and oxygen atoms in total. The summed E-state index contributed by atoms with van der Waals surface area (Å²) in [6.07, 6.45) is 71.5. The van der Waals surface area contributed by atoms with Crippen molar-refractivity contribution in [2.45, 2.75) is 277 Å². The van der Waals surface area contributed by atoms with Crippen LogP contribution in [-0.4, -0.2) is 74.3 Å². The third-order valence-corrected chi connectivity index (χ3v) is 14.3. The maximum atomic E-state index is 13.5. The second-order valence-electron chi connectivity index (χ2n) is 21.9. The quantitative estimate of drug-likeness (QED) is 0.0205. The Morgan fingerprint density at radius 2 is 0.853 bits per heavy atom. The summed E-state index contributed by atoms with van der Waals surface area (Å²) in [6, 6.07) is -0.857. The largest absolute Gasteiger partial charge is 0.472 e. The first kappa shape index (κ1) is 72.2. The van der Waals surface area contributed by atoms with E-state index in [-0.39, 0.29) is 31.5 Å². The third kappa shape index (κ3) is 55.7. The average molecular weight is 1070 g/mol. The van der Waals surface area contributed by atoms with Crippen molar-refractivity contribution in [1.29, 1.82) is 0 Å². The van der Waals surface area contributed by atoms with Gasteiger partial charge in [0, 0.05) is 12.8 Å². The van der Waals surface area contributed by atoms with Crippen molar-refractivity contribution >= 4 is 19.7 Å². The lowest BCUT2D eigenvalue weighted by atomic mass is 10.0. The van der Waals surface area contributed by atoms with Crippen molar-refractivity contribution in [2.75, 3.05) is 40.9 Å². The molecule has 0 rings (SSSR count). The van der Waals surface area contributed by atoms with Crippen molar-refractivity contribution in [3.05, 3.63) is 85.1 Å². The topological polar surface area (TPSA) is 111 Å². The summed E-state index contributed by atoms with van der Waals surface area (Å²) >= 11 is 0. The molecule has 0 fully saturated rings. The summed E-state index contributed by atoms with van der Waals surface area (Å²) in [5, 5.41) is 3.05. The number of hydrogen-bond donors (Lipinski definition) is 2. The number of nitrogens with zero attached hydrogens (tertiary/aromatic N) is 1. The van der Waals surface area contributed by atoms with E-state index >= 15 is 0 Å². The van der Waals surface area contributed by atoms with Crippen LogP contribution in [0.4, 0.5) is 0 Å². The fraction of sp³-hybridized carbons (Fsp3) is 0.754. The molecule has 0 aliphatic carbocycles. The first-order valence-corrected chi connectivity index (χ1v) is 32.4. The van der Waals surface area contributed by atoms with Crippen LogP contribution in [0.2, 0.25) is 0 Å². The molecule has 434 valence electrons. The lowest BCUT2D eigenvalue weighted by molar-refractivity contribution is -0.870. The van der Waals surface area contributed by atoms with Gasteiger partial charge in [-0.15, -0.1) is 0 Å². The van der Waals surface area contributed by atoms with Crippen LogP contribution in [0.25, 0.3) is 0 Å². The molecule has 0 heterocycles. The number of esters is 1. The van der Waals surface area contributed by atoms with E-state index in [9.17, 15) is 19.0 Å². The molecule has 3 atom stereocenters. The van der Waals surface area contributed by atoms with Gasteiger partial charge >= 0.3 is 13.8 Å². The van der Waals surface area contributed by atoms with Gasteiger partial charge < -0.3 is 19.4 Å². The average Bonchev–Trinajstić information content (AvgIpc) is 3.37. The Morgan fingerprint density at radius 3 is 1.28 bits per heavy atom. The van der Waals surface area contributed by atoms with Gasteiger partial charge in [0.05, 0.1) is 33.8 Å². The van der Waals surface area contributed by atoms with Gasteiger partial charge in [-0.05, 0) is 83.1 Å². The predicted octanol–water partition coefficient (Wildman–Crippen LogP) is 19.0. The fourth-order valence-electron chi connectivity index (χ4n) is 8.59. The zero-order valence-corrected chi connectivity index (χ0v) is 50.4. The van der Waals surface area contributed by atoms with E-state index in [1.807, 2.05) is 33.3 Å².